The molecule has 5 heteroatoms. The van der Waals surface area contributed by atoms with Gasteiger partial charge < -0.3 is 10.6 Å². The number of rotatable bonds is 2. The molecule has 1 aliphatic heterocycles. The van der Waals surface area contributed by atoms with Gasteiger partial charge in [0.1, 0.15) is 0 Å². The molecule has 1 aliphatic rings. The summed E-state index contributed by atoms with van der Waals surface area (Å²) in [4.78, 5) is 16.6. The van der Waals surface area contributed by atoms with Gasteiger partial charge in [0.15, 0.2) is 0 Å². The van der Waals surface area contributed by atoms with E-state index in [-0.39, 0.29) is 11.9 Å². The minimum absolute atomic E-state index is 0.0149. The average Bonchev–Trinajstić information content (AvgIpc) is 2.48. The zero-order chi connectivity index (χ0) is 13.9. The van der Waals surface area contributed by atoms with Crippen molar-refractivity contribution in [1.82, 2.24) is 10.3 Å². The largest absolute Gasteiger partial charge is 0.323 e. The Balaban J connectivity index is 1.88. The molecule has 104 valence electrons. The van der Waals surface area contributed by atoms with Gasteiger partial charge in [0.2, 0.25) is 5.91 Å². The van der Waals surface area contributed by atoms with E-state index in [2.05, 4.69) is 15.6 Å². The molecule has 0 radical (unpaired) electrons. The van der Waals surface area contributed by atoms with Gasteiger partial charge in [0.05, 0.1) is 17.2 Å². The fourth-order valence-corrected chi connectivity index (χ4v) is 2.77. The molecule has 1 amide bonds. The smallest absolute Gasteiger partial charge is 0.241 e. The summed E-state index contributed by atoms with van der Waals surface area (Å²) in [5.74, 6) is -0.0149. The van der Waals surface area contributed by atoms with Crippen LogP contribution in [-0.2, 0) is 4.79 Å². The van der Waals surface area contributed by atoms with E-state index in [0.29, 0.717) is 10.7 Å². The lowest BCUT2D eigenvalue weighted by Gasteiger charge is -2.22. The molecule has 1 aromatic heterocycles. The first-order chi connectivity index (χ1) is 9.74. The van der Waals surface area contributed by atoms with Crippen molar-refractivity contribution in [2.24, 2.45) is 0 Å². The molecule has 0 bridgehead atoms. The number of halogens is 1. The van der Waals surface area contributed by atoms with Gasteiger partial charge in [-0.25, -0.2) is 0 Å². The third kappa shape index (κ3) is 2.76. The lowest BCUT2D eigenvalue weighted by molar-refractivity contribution is -0.118. The van der Waals surface area contributed by atoms with Crippen LogP contribution in [0.3, 0.4) is 0 Å². The van der Waals surface area contributed by atoms with E-state index < -0.39 is 0 Å². The topological polar surface area (TPSA) is 54.0 Å². The maximum absolute atomic E-state index is 12.3. The highest BCUT2D eigenvalue weighted by Crippen LogP contribution is 2.26. The molecule has 20 heavy (non-hydrogen) atoms. The van der Waals surface area contributed by atoms with Gasteiger partial charge in [-0.2, -0.15) is 0 Å². The molecule has 1 fully saturated rings. The molecule has 2 N–H and O–H groups in total. The van der Waals surface area contributed by atoms with Gasteiger partial charge in [-0.05, 0) is 37.6 Å². The number of carbonyl (C=O) groups excluding carboxylic acids is 1. The van der Waals surface area contributed by atoms with E-state index in [9.17, 15) is 4.79 Å². The molecule has 4 nitrogen and oxygen atoms in total. The third-order valence-corrected chi connectivity index (χ3v) is 3.77. The Morgan fingerprint density at radius 2 is 2.30 bits per heavy atom. The molecule has 0 spiro atoms. The van der Waals surface area contributed by atoms with E-state index in [1.54, 1.807) is 12.3 Å². The number of piperidine rings is 1. The Bertz CT molecular complexity index is 638. The SMILES string of the molecule is O=C(Nc1cc(Cl)cc2cccnc12)C1CCCCN1. The lowest BCUT2D eigenvalue weighted by Crippen LogP contribution is -2.43. The van der Waals surface area contributed by atoms with Gasteiger partial charge in [-0.1, -0.05) is 24.1 Å². The molecule has 3 rings (SSSR count). The van der Waals surface area contributed by atoms with E-state index in [1.807, 2.05) is 18.2 Å². The second-order valence-electron chi connectivity index (χ2n) is 5.02. The zero-order valence-corrected chi connectivity index (χ0v) is 11.8. The predicted octanol–water partition coefficient (Wildman–Crippen LogP) is 2.97. The summed E-state index contributed by atoms with van der Waals surface area (Å²) in [7, 11) is 0. The quantitative estimate of drug-likeness (QED) is 0.894. The number of benzene rings is 1. The Kier molecular flexibility index (Phi) is 3.85. The number of carbonyl (C=O) groups is 1. The fraction of sp³-hybridized carbons (Fsp3) is 0.333. The highest BCUT2D eigenvalue weighted by Gasteiger charge is 2.21. The van der Waals surface area contributed by atoms with Crippen LogP contribution in [0.25, 0.3) is 10.9 Å². The molecule has 1 unspecified atom stereocenters. The highest BCUT2D eigenvalue weighted by atomic mass is 35.5. The van der Waals surface area contributed by atoms with Crippen LogP contribution < -0.4 is 10.6 Å². The molecule has 0 saturated carbocycles. The maximum Gasteiger partial charge on any atom is 0.241 e. The van der Waals surface area contributed by atoms with Crippen molar-refractivity contribution in [2.75, 3.05) is 11.9 Å². The number of fused-ring (bicyclic) bond motifs is 1. The zero-order valence-electron chi connectivity index (χ0n) is 11.0. The second kappa shape index (κ2) is 5.77. The van der Waals surface area contributed by atoms with Crippen molar-refractivity contribution < 1.29 is 4.79 Å². The lowest BCUT2D eigenvalue weighted by atomic mass is 10.0. The van der Waals surface area contributed by atoms with E-state index in [0.717, 1.165) is 36.7 Å². The number of amides is 1. The summed E-state index contributed by atoms with van der Waals surface area (Å²) in [6, 6.07) is 7.26. The molecule has 2 aromatic rings. The summed E-state index contributed by atoms with van der Waals surface area (Å²) < 4.78 is 0. The van der Waals surface area contributed by atoms with Crippen LogP contribution in [0.5, 0.6) is 0 Å². The van der Waals surface area contributed by atoms with Crippen LogP contribution in [0.15, 0.2) is 30.5 Å². The fourth-order valence-electron chi connectivity index (χ4n) is 2.55. The van der Waals surface area contributed by atoms with E-state index in [4.69, 9.17) is 11.6 Å². The van der Waals surface area contributed by atoms with Crippen molar-refractivity contribution in [3.8, 4) is 0 Å². The molecule has 1 atom stereocenters. The summed E-state index contributed by atoms with van der Waals surface area (Å²) >= 11 is 6.10. The number of pyridine rings is 1. The predicted molar refractivity (Wildman–Crippen MR) is 81.0 cm³/mol. The van der Waals surface area contributed by atoms with Gasteiger partial charge in [0.25, 0.3) is 0 Å². The van der Waals surface area contributed by atoms with Gasteiger partial charge in [0, 0.05) is 16.6 Å². The molecule has 1 saturated heterocycles. The average molecular weight is 290 g/mol. The number of nitrogens with zero attached hydrogens (tertiary/aromatic N) is 1. The molecular weight excluding hydrogens is 274 g/mol. The van der Waals surface area contributed by atoms with E-state index in [1.165, 1.54) is 0 Å². The van der Waals surface area contributed by atoms with Crippen LogP contribution >= 0.6 is 11.6 Å². The van der Waals surface area contributed by atoms with Crippen molar-refractivity contribution in [2.45, 2.75) is 25.3 Å². The summed E-state index contributed by atoms with van der Waals surface area (Å²) in [6.07, 6.45) is 4.80. The second-order valence-corrected chi connectivity index (χ2v) is 5.46. The maximum atomic E-state index is 12.3. The van der Waals surface area contributed by atoms with Crippen LogP contribution in [-0.4, -0.2) is 23.5 Å². The normalized spacial score (nSPS) is 18.9. The Morgan fingerprint density at radius 1 is 1.40 bits per heavy atom. The molecule has 0 aliphatic carbocycles. The Hall–Kier alpha value is -1.65. The van der Waals surface area contributed by atoms with E-state index >= 15 is 0 Å². The Labute approximate surface area is 122 Å². The standard InChI is InChI=1S/C15H16ClN3O/c16-11-8-10-4-3-7-18-14(10)13(9-11)19-15(20)12-5-1-2-6-17-12/h3-4,7-9,12,17H,1-2,5-6H2,(H,19,20). The monoisotopic (exact) mass is 289 g/mol. The molecular formula is C15H16ClN3O. The van der Waals surface area contributed by atoms with Crippen LogP contribution in [0.4, 0.5) is 5.69 Å². The van der Waals surface area contributed by atoms with Gasteiger partial charge in [-0.15, -0.1) is 0 Å². The third-order valence-electron chi connectivity index (χ3n) is 3.55. The van der Waals surface area contributed by atoms with Crippen molar-refractivity contribution in [1.29, 1.82) is 0 Å². The Morgan fingerprint density at radius 3 is 3.10 bits per heavy atom. The summed E-state index contributed by atoms with van der Waals surface area (Å²) in [6.45, 7) is 0.895. The number of nitrogens with one attached hydrogen (secondary N) is 2. The number of anilines is 1. The first-order valence-corrected chi connectivity index (χ1v) is 7.20. The minimum Gasteiger partial charge on any atom is -0.323 e. The number of aromatic nitrogens is 1. The van der Waals surface area contributed by atoms with Crippen molar-refractivity contribution in [3.05, 3.63) is 35.5 Å². The molecule has 1 aromatic carbocycles. The molecule has 2 heterocycles. The van der Waals surface area contributed by atoms with Crippen LogP contribution in [0, 0.1) is 0 Å². The summed E-state index contributed by atoms with van der Waals surface area (Å²) in [5.41, 5.74) is 1.44. The first-order valence-electron chi connectivity index (χ1n) is 6.82. The highest BCUT2D eigenvalue weighted by molar-refractivity contribution is 6.32. The minimum atomic E-state index is -0.124. The number of hydrogen-bond donors (Lipinski definition) is 2. The van der Waals surface area contributed by atoms with Crippen LogP contribution in [0.2, 0.25) is 5.02 Å². The first kappa shape index (κ1) is 13.3. The number of hydrogen-bond acceptors (Lipinski definition) is 3. The van der Waals surface area contributed by atoms with Crippen LogP contribution in [0.1, 0.15) is 19.3 Å². The van der Waals surface area contributed by atoms with Crippen molar-refractivity contribution in [3.63, 3.8) is 0 Å². The van der Waals surface area contributed by atoms with Crippen molar-refractivity contribution >= 4 is 34.1 Å². The van der Waals surface area contributed by atoms with Gasteiger partial charge >= 0.3 is 0 Å². The van der Waals surface area contributed by atoms with Gasteiger partial charge in [-0.3, -0.25) is 9.78 Å². The summed E-state index contributed by atoms with van der Waals surface area (Å²) in [5, 5.41) is 7.70.